The second-order valence-electron chi connectivity index (χ2n) is 8.98. The average Bonchev–Trinajstić information content (AvgIpc) is 2.90. The van der Waals surface area contributed by atoms with Crippen LogP contribution in [0.1, 0.15) is 47.2 Å². The molecule has 0 aliphatic heterocycles. The van der Waals surface area contributed by atoms with Crippen molar-refractivity contribution in [3.8, 4) is 0 Å². The quantitative estimate of drug-likeness (QED) is 0.239. The van der Waals surface area contributed by atoms with Gasteiger partial charge in [0.05, 0.1) is 0 Å². The number of hydrogen-bond acceptors (Lipinski definition) is 1. The molecule has 0 radical (unpaired) electrons. The fraction of sp³-hybridized carbons (Fsp3) is 0.176. The van der Waals surface area contributed by atoms with Crippen molar-refractivity contribution in [2.24, 2.45) is 0 Å². The van der Waals surface area contributed by atoms with Crippen LogP contribution in [-0.2, 0) is 0 Å². The summed E-state index contributed by atoms with van der Waals surface area (Å²) >= 11 is 0. The molecular weight excluding hydrogens is 422 g/mol. The first kappa shape index (κ1) is 24.3. The monoisotopic (exact) mass is 457 g/mol. The van der Waals surface area contributed by atoms with E-state index < -0.39 is 0 Å². The molecule has 0 aromatic heterocycles. The van der Waals surface area contributed by atoms with Crippen molar-refractivity contribution in [1.82, 2.24) is 0 Å². The van der Waals surface area contributed by atoms with Crippen LogP contribution in [-0.4, -0.2) is 13.1 Å². The van der Waals surface area contributed by atoms with E-state index in [4.69, 9.17) is 0 Å². The van der Waals surface area contributed by atoms with Gasteiger partial charge in [-0.25, -0.2) is 0 Å². The van der Waals surface area contributed by atoms with Crippen LogP contribution in [0.2, 0.25) is 0 Å². The highest BCUT2D eigenvalue weighted by Crippen LogP contribution is 2.29. The van der Waals surface area contributed by atoms with Crippen LogP contribution < -0.4 is 4.90 Å². The van der Waals surface area contributed by atoms with Crippen molar-refractivity contribution in [2.75, 3.05) is 18.0 Å². The normalized spacial score (nSPS) is 11.3. The Balaban J connectivity index is 1.83. The molecule has 0 unspecified atom stereocenters. The molecule has 35 heavy (non-hydrogen) atoms. The molecular formula is C34H35N. The fourth-order valence-electron chi connectivity index (χ4n) is 4.41. The molecule has 0 saturated heterocycles. The number of aryl methyl sites for hydroxylation is 2. The smallest absolute Gasteiger partial charge is 0.0366 e. The lowest BCUT2D eigenvalue weighted by atomic mass is 9.93. The second kappa shape index (κ2) is 11.5. The van der Waals surface area contributed by atoms with Crippen molar-refractivity contribution >= 4 is 16.8 Å². The molecule has 0 N–H and O–H groups in total. The SMILES string of the molecule is CCN(CC)c1ccc(C(=CC=C(c2ccc(C)cc2)c2ccc(C)cc2)c2ccccc2)cc1. The van der Waals surface area contributed by atoms with E-state index in [1.165, 1.54) is 50.2 Å². The zero-order valence-corrected chi connectivity index (χ0v) is 21.3. The van der Waals surface area contributed by atoms with Gasteiger partial charge in [-0.3, -0.25) is 0 Å². The Morgan fingerprint density at radius 1 is 0.514 bits per heavy atom. The summed E-state index contributed by atoms with van der Waals surface area (Å²) in [4.78, 5) is 2.38. The fourth-order valence-corrected chi connectivity index (χ4v) is 4.41. The van der Waals surface area contributed by atoms with E-state index in [2.05, 4.69) is 148 Å². The van der Waals surface area contributed by atoms with Gasteiger partial charge in [-0.05, 0) is 73.2 Å². The third-order valence-electron chi connectivity index (χ3n) is 6.53. The predicted octanol–water partition coefficient (Wildman–Crippen LogP) is 8.71. The molecule has 0 spiro atoms. The molecule has 1 heteroatoms. The predicted molar refractivity (Wildman–Crippen MR) is 153 cm³/mol. The number of allylic oxidation sites excluding steroid dienone is 2. The minimum Gasteiger partial charge on any atom is -0.372 e. The Hall–Kier alpha value is -3.84. The maximum atomic E-state index is 2.38. The molecule has 4 aromatic carbocycles. The van der Waals surface area contributed by atoms with Crippen molar-refractivity contribution in [3.05, 3.63) is 149 Å². The number of nitrogens with zero attached hydrogens (tertiary/aromatic N) is 1. The molecule has 0 saturated carbocycles. The van der Waals surface area contributed by atoms with Gasteiger partial charge in [0.1, 0.15) is 0 Å². The van der Waals surface area contributed by atoms with Gasteiger partial charge >= 0.3 is 0 Å². The molecule has 0 bridgehead atoms. The average molecular weight is 458 g/mol. The second-order valence-corrected chi connectivity index (χ2v) is 8.98. The van der Waals surface area contributed by atoms with E-state index in [1.807, 2.05) is 0 Å². The lowest BCUT2D eigenvalue weighted by Crippen LogP contribution is -2.21. The number of rotatable bonds is 8. The van der Waals surface area contributed by atoms with Gasteiger partial charge in [0, 0.05) is 18.8 Å². The maximum Gasteiger partial charge on any atom is 0.0366 e. The Morgan fingerprint density at radius 3 is 1.29 bits per heavy atom. The highest BCUT2D eigenvalue weighted by Gasteiger charge is 2.09. The summed E-state index contributed by atoms with van der Waals surface area (Å²) in [5, 5.41) is 0. The highest BCUT2D eigenvalue weighted by molar-refractivity contribution is 5.86. The summed E-state index contributed by atoms with van der Waals surface area (Å²) in [5.74, 6) is 0. The zero-order valence-electron chi connectivity index (χ0n) is 21.3. The Labute approximate surface area is 211 Å². The van der Waals surface area contributed by atoms with E-state index >= 15 is 0 Å². The lowest BCUT2D eigenvalue weighted by Gasteiger charge is -2.21. The van der Waals surface area contributed by atoms with E-state index in [0.717, 1.165) is 13.1 Å². The van der Waals surface area contributed by atoms with Gasteiger partial charge in [0.15, 0.2) is 0 Å². The molecule has 4 rings (SSSR count). The summed E-state index contributed by atoms with van der Waals surface area (Å²) in [6.07, 6.45) is 4.55. The molecule has 0 aliphatic rings. The largest absolute Gasteiger partial charge is 0.372 e. The molecule has 4 aromatic rings. The van der Waals surface area contributed by atoms with E-state index in [-0.39, 0.29) is 0 Å². The van der Waals surface area contributed by atoms with Crippen LogP contribution in [0, 0.1) is 13.8 Å². The van der Waals surface area contributed by atoms with E-state index in [9.17, 15) is 0 Å². The number of anilines is 1. The van der Waals surface area contributed by atoms with Gasteiger partial charge < -0.3 is 4.90 Å². The Bertz CT molecular complexity index is 1220. The van der Waals surface area contributed by atoms with Gasteiger partial charge in [-0.15, -0.1) is 0 Å². The number of hydrogen-bond donors (Lipinski definition) is 0. The molecule has 0 atom stereocenters. The van der Waals surface area contributed by atoms with E-state index in [0.29, 0.717) is 0 Å². The molecule has 1 nitrogen and oxygen atoms in total. The van der Waals surface area contributed by atoms with Gasteiger partial charge in [-0.1, -0.05) is 114 Å². The third-order valence-corrected chi connectivity index (χ3v) is 6.53. The minimum absolute atomic E-state index is 1.01. The molecule has 0 fully saturated rings. The maximum absolute atomic E-state index is 2.38. The van der Waals surface area contributed by atoms with Crippen LogP contribution in [0.15, 0.2) is 115 Å². The van der Waals surface area contributed by atoms with Crippen LogP contribution in [0.25, 0.3) is 11.1 Å². The molecule has 176 valence electrons. The molecule has 0 amide bonds. The van der Waals surface area contributed by atoms with Crippen molar-refractivity contribution < 1.29 is 0 Å². The first-order valence-corrected chi connectivity index (χ1v) is 12.6. The summed E-state index contributed by atoms with van der Waals surface area (Å²) < 4.78 is 0. The first-order chi connectivity index (χ1) is 17.1. The first-order valence-electron chi connectivity index (χ1n) is 12.6. The lowest BCUT2D eigenvalue weighted by molar-refractivity contribution is 0.866. The van der Waals surface area contributed by atoms with Crippen LogP contribution in [0.5, 0.6) is 0 Å². The van der Waals surface area contributed by atoms with Crippen molar-refractivity contribution in [2.45, 2.75) is 27.7 Å². The van der Waals surface area contributed by atoms with Crippen LogP contribution in [0.3, 0.4) is 0 Å². The van der Waals surface area contributed by atoms with Crippen LogP contribution in [0.4, 0.5) is 5.69 Å². The standard InChI is InChI=1S/C34H35N/c1-5-35(6-2)32-22-20-31(21-23-32)33(28-10-8-7-9-11-28)24-25-34(29-16-12-26(3)13-17-29)30-18-14-27(4)15-19-30/h7-25H,5-6H2,1-4H3. The highest BCUT2D eigenvalue weighted by atomic mass is 15.1. The zero-order chi connectivity index (χ0) is 24.6. The Kier molecular flexibility index (Phi) is 8.00. The van der Waals surface area contributed by atoms with Crippen molar-refractivity contribution in [1.29, 1.82) is 0 Å². The summed E-state index contributed by atoms with van der Waals surface area (Å²) in [6, 6.07) is 37.3. The Morgan fingerprint density at radius 2 is 0.886 bits per heavy atom. The van der Waals surface area contributed by atoms with Crippen LogP contribution >= 0.6 is 0 Å². The van der Waals surface area contributed by atoms with Crippen molar-refractivity contribution in [3.63, 3.8) is 0 Å². The minimum atomic E-state index is 1.01. The molecule has 0 heterocycles. The molecule has 0 aliphatic carbocycles. The summed E-state index contributed by atoms with van der Waals surface area (Å²) in [5.41, 5.74) is 11.1. The topological polar surface area (TPSA) is 3.24 Å². The number of benzene rings is 4. The van der Waals surface area contributed by atoms with Gasteiger partial charge in [0.25, 0.3) is 0 Å². The van der Waals surface area contributed by atoms with Gasteiger partial charge in [0.2, 0.25) is 0 Å². The van der Waals surface area contributed by atoms with E-state index in [1.54, 1.807) is 0 Å². The summed E-state index contributed by atoms with van der Waals surface area (Å²) in [6.45, 7) is 10.7. The third kappa shape index (κ3) is 6.00. The van der Waals surface area contributed by atoms with Gasteiger partial charge in [-0.2, -0.15) is 0 Å². The summed E-state index contributed by atoms with van der Waals surface area (Å²) in [7, 11) is 0.